The average molecular weight is 349 g/mol. The van der Waals surface area contributed by atoms with Crippen LogP contribution in [0.4, 0.5) is 0 Å². The van der Waals surface area contributed by atoms with E-state index in [0.29, 0.717) is 28.6 Å². The fraction of sp³-hybridized carbons (Fsp3) is 0.526. The first-order valence-corrected chi connectivity index (χ1v) is 11.5. The van der Waals surface area contributed by atoms with Gasteiger partial charge in [0.15, 0.2) is 17.6 Å². The number of methoxy groups -OCH3 is 1. The molecule has 0 aliphatic carbocycles. The van der Waals surface area contributed by atoms with Crippen LogP contribution >= 0.6 is 0 Å². The Hall–Kier alpha value is -1.75. The van der Waals surface area contributed by atoms with Crippen LogP contribution in [-0.2, 0) is 6.42 Å². The van der Waals surface area contributed by atoms with Gasteiger partial charge in [0, 0.05) is 11.8 Å². The summed E-state index contributed by atoms with van der Waals surface area (Å²) in [6, 6.07) is 2.03. The van der Waals surface area contributed by atoms with Crippen LogP contribution < -0.4 is 14.7 Å². The summed E-state index contributed by atoms with van der Waals surface area (Å²) in [5.74, 6) is 2.42. The molecule has 0 spiro atoms. The minimum absolute atomic E-state index is 0.0115. The van der Waals surface area contributed by atoms with Crippen LogP contribution in [0.25, 0.3) is 11.0 Å². The van der Waals surface area contributed by atoms with Gasteiger partial charge in [-0.2, -0.15) is 0 Å². The molecule has 0 bridgehead atoms. The molecule has 0 saturated carbocycles. The highest BCUT2D eigenvalue weighted by atomic mass is 28.3. The summed E-state index contributed by atoms with van der Waals surface area (Å²) < 4.78 is 17.7. The van der Waals surface area contributed by atoms with E-state index < -0.39 is 8.80 Å². The van der Waals surface area contributed by atoms with Gasteiger partial charge in [0.05, 0.1) is 27.6 Å². The van der Waals surface area contributed by atoms with Gasteiger partial charge in [-0.3, -0.25) is 4.79 Å². The van der Waals surface area contributed by atoms with E-state index in [1.807, 2.05) is 19.9 Å². The molecule has 0 aliphatic heterocycles. The molecule has 1 heterocycles. The third-order valence-electron chi connectivity index (χ3n) is 3.93. The molecule has 1 aromatic carbocycles. The zero-order chi connectivity index (χ0) is 18.0. The maximum atomic E-state index is 11.8. The number of hydrogen-bond donors (Lipinski definition) is 0. The molecular formula is C19H28O4Si. The molecule has 0 saturated heterocycles. The number of hydrogen-bond acceptors (Lipinski definition) is 4. The van der Waals surface area contributed by atoms with E-state index in [4.69, 9.17) is 13.9 Å². The fourth-order valence-corrected chi connectivity index (χ4v) is 4.28. The van der Waals surface area contributed by atoms with Crippen molar-refractivity contribution in [3.8, 4) is 11.5 Å². The zero-order valence-corrected chi connectivity index (χ0v) is 16.9. The van der Waals surface area contributed by atoms with Gasteiger partial charge < -0.3 is 13.9 Å². The molecule has 0 radical (unpaired) electrons. The second-order valence-corrected chi connectivity index (χ2v) is 10.1. The van der Waals surface area contributed by atoms with Gasteiger partial charge in [0.1, 0.15) is 5.76 Å². The summed E-state index contributed by atoms with van der Waals surface area (Å²) in [7, 11) is 0.441. The van der Waals surface area contributed by atoms with Crippen molar-refractivity contribution in [3.63, 3.8) is 0 Å². The Morgan fingerprint density at radius 3 is 2.38 bits per heavy atom. The van der Waals surface area contributed by atoms with Gasteiger partial charge in [-0.15, -0.1) is 0 Å². The molecule has 0 aliphatic rings. The minimum Gasteiger partial charge on any atom is -0.493 e. The van der Waals surface area contributed by atoms with E-state index in [1.165, 1.54) is 5.19 Å². The van der Waals surface area contributed by atoms with Crippen LogP contribution in [0.1, 0.15) is 43.8 Å². The van der Waals surface area contributed by atoms with Crippen molar-refractivity contribution in [1.29, 1.82) is 0 Å². The van der Waals surface area contributed by atoms with Crippen molar-refractivity contribution in [1.82, 2.24) is 0 Å². The molecule has 0 amide bonds. The largest absolute Gasteiger partial charge is 0.493 e. The number of ether oxygens (including phenoxy) is 2. The highest BCUT2D eigenvalue weighted by Gasteiger charge is 2.26. The van der Waals surface area contributed by atoms with Crippen molar-refractivity contribution in [2.75, 3.05) is 7.11 Å². The van der Waals surface area contributed by atoms with Crippen molar-refractivity contribution in [2.45, 2.75) is 53.3 Å². The van der Waals surface area contributed by atoms with Gasteiger partial charge in [-0.05, 0) is 31.0 Å². The molecule has 24 heavy (non-hydrogen) atoms. The number of carbonyl (C=O) groups is 1. The van der Waals surface area contributed by atoms with E-state index in [0.717, 1.165) is 23.9 Å². The van der Waals surface area contributed by atoms with E-state index in [1.54, 1.807) is 7.11 Å². The maximum absolute atomic E-state index is 11.8. The molecule has 0 fully saturated rings. The molecule has 5 heteroatoms. The quantitative estimate of drug-likeness (QED) is 0.562. The van der Waals surface area contributed by atoms with Crippen LogP contribution in [-0.4, -0.2) is 28.3 Å². The van der Waals surface area contributed by atoms with Gasteiger partial charge in [0.2, 0.25) is 5.75 Å². The van der Waals surface area contributed by atoms with Crippen molar-refractivity contribution in [3.05, 3.63) is 17.4 Å². The lowest BCUT2D eigenvalue weighted by Gasteiger charge is -2.16. The number of fused-ring (bicyclic) bond motifs is 1. The summed E-state index contributed by atoms with van der Waals surface area (Å²) in [6.07, 6.45) is 1.64. The summed E-state index contributed by atoms with van der Waals surface area (Å²) in [5, 5.41) is 2.09. The van der Waals surface area contributed by atoms with Crippen LogP contribution in [0.2, 0.25) is 13.1 Å². The molecule has 0 unspecified atom stereocenters. The molecule has 2 rings (SSSR count). The SMILES string of the molecule is COc1cc([SiH](C)C)c2c(C=O)c(CC(C)C)oc2c1OC(C)C. The molecule has 0 N–H and O–H groups in total. The lowest BCUT2D eigenvalue weighted by Crippen LogP contribution is -2.24. The molecular weight excluding hydrogens is 320 g/mol. The summed E-state index contributed by atoms with van der Waals surface area (Å²) in [5.41, 5.74) is 1.32. The Bertz CT molecular complexity index is 729. The smallest absolute Gasteiger partial charge is 0.205 e. The second kappa shape index (κ2) is 7.43. The van der Waals surface area contributed by atoms with Gasteiger partial charge in [-0.25, -0.2) is 0 Å². The topological polar surface area (TPSA) is 48.7 Å². The Kier molecular flexibility index (Phi) is 5.75. The first-order chi connectivity index (χ1) is 11.3. The number of benzene rings is 1. The molecule has 1 aromatic heterocycles. The summed E-state index contributed by atoms with van der Waals surface area (Å²) in [6.45, 7) is 12.6. The van der Waals surface area contributed by atoms with Crippen molar-refractivity contribution in [2.24, 2.45) is 5.92 Å². The van der Waals surface area contributed by atoms with E-state index in [2.05, 4.69) is 26.9 Å². The van der Waals surface area contributed by atoms with Crippen molar-refractivity contribution >= 4 is 31.2 Å². The molecule has 4 nitrogen and oxygen atoms in total. The summed E-state index contributed by atoms with van der Waals surface area (Å²) >= 11 is 0. The zero-order valence-electron chi connectivity index (χ0n) is 15.7. The lowest BCUT2D eigenvalue weighted by molar-refractivity contribution is 0.112. The minimum atomic E-state index is -1.20. The lowest BCUT2D eigenvalue weighted by atomic mass is 10.0. The molecule has 2 aromatic rings. The third-order valence-corrected chi connectivity index (χ3v) is 5.63. The number of rotatable bonds is 7. The molecule has 0 atom stereocenters. The Morgan fingerprint density at radius 2 is 1.92 bits per heavy atom. The number of aldehydes is 1. The van der Waals surface area contributed by atoms with Crippen LogP contribution in [0.3, 0.4) is 0 Å². The highest BCUT2D eigenvalue weighted by molar-refractivity contribution is 6.73. The normalized spacial score (nSPS) is 11.8. The number of furan rings is 1. The monoisotopic (exact) mass is 348 g/mol. The highest BCUT2D eigenvalue weighted by Crippen LogP contribution is 2.39. The Balaban J connectivity index is 2.87. The maximum Gasteiger partial charge on any atom is 0.205 e. The first kappa shape index (κ1) is 18.6. The van der Waals surface area contributed by atoms with E-state index in [9.17, 15) is 4.79 Å². The summed E-state index contributed by atoms with van der Waals surface area (Å²) in [4.78, 5) is 11.8. The van der Waals surface area contributed by atoms with Crippen LogP contribution in [0, 0.1) is 5.92 Å². The third kappa shape index (κ3) is 3.51. The Labute approximate surface area is 145 Å². The van der Waals surface area contributed by atoms with E-state index in [-0.39, 0.29) is 6.10 Å². The van der Waals surface area contributed by atoms with Crippen molar-refractivity contribution < 1.29 is 18.7 Å². The Morgan fingerprint density at radius 1 is 1.25 bits per heavy atom. The average Bonchev–Trinajstić information content (AvgIpc) is 2.84. The predicted molar refractivity (Wildman–Crippen MR) is 101 cm³/mol. The molecule has 132 valence electrons. The number of carbonyl (C=O) groups excluding carboxylic acids is 1. The van der Waals surface area contributed by atoms with Gasteiger partial charge in [0.25, 0.3) is 0 Å². The van der Waals surface area contributed by atoms with Crippen LogP contribution in [0.5, 0.6) is 11.5 Å². The standard InChI is InChI=1S/C19H28O4Si/c1-11(2)8-14-13(10-20)17-16(24(6)7)9-15(21-5)18(19(17)23-14)22-12(3)4/h9-12,24H,8H2,1-7H3. The van der Waals surface area contributed by atoms with Gasteiger partial charge in [-0.1, -0.05) is 26.9 Å². The first-order valence-electron chi connectivity index (χ1n) is 8.58. The van der Waals surface area contributed by atoms with Crippen LogP contribution in [0.15, 0.2) is 10.5 Å². The van der Waals surface area contributed by atoms with Gasteiger partial charge >= 0.3 is 0 Å². The van der Waals surface area contributed by atoms with E-state index >= 15 is 0 Å². The predicted octanol–water partition coefficient (Wildman–Crippen LogP) is 3.93. The second-order valence-electron chi connectivity index (χ2n) is 7.18. The fourth-order valence-electron chi connectivity index (χ4n) is 2.93.